The van der Waals surface area contributed by atoms with Gasteiger partial charge in [0.2, 0.25) is 0 Å². The maximum atomic E-state index is 13.2. The normalized spacial score (nSPS) is 14.6. The molecule has 0 radical (unpaired) electrons. The number of carbonyl (C=O) groups excluding carboxylic acids is 4. The number of halogens is 2. The van der Waals surface area contributed by atoms with Gasteiger partial charge < -0.3 is 10.1 Å². The molecule has 2 N–H and O–H groups in total. The molecule has 1 aliphatic rings. The summed E-state index contributed by atoms with van der Waals surface area (Å²) >= 11 is 6.25. The first-order chi connectivity index (χ1) is 16.8. The fourth-order valence-electron chi connectivity index (χ4n) is 3.23. The molecule has 4 rings (SSSR count). The number of benzene rings is 3. The predicted molar refractivity (Wildman–Crippen MR) is 127 cm³/mol. The highest BCUT2D eigenvalue weighted by atomic mass is 35.5. The van der Waals surface area contributed by atoms with E-state index in [1.54, 1.807) is 24.3 Å². The largest absolute Gasteiger partial charge is 0.482 e. The van der Waals surface area contributed by atoms with Crippen molar-refractivity contribution in [3.8, 4) is 5.75 Å². The van der Waals surface area contributed by atoms with Gasteiger partial charge >= 0.3 is 6.03 Å². The molecule has 35 heavy (non-hydrogen) atoms. The number of urea groups is 1. The van der Waals surface area contributed by atoms with Crippen LogP contribution in [0.25, 0.3) is 6.08 Å². The lowest BCUT2D eigenvalue weighted by atomic mass is 10.1. The van der Waals surface area contributed by atoms with Crippen molar-refractivity contribution < 1.29 is 28.3 Å². The Morgan fingerprint density at radius 3 is 2.43 bits per heavy atom. The molecule has 1 fully saturated rings. The molecule has 0 atom stereocenters. The summed E-state index contributed by atoms with van der Waals surface area (Å²) in [6.45, 7) is -0.287. The van der Waals surface area contributed by atoms with Crippen molar-refractivity contribution in [3.63, 3.8) is 0 Å². The average Bonchev–Trinajstić information content (AvgIpc) is 2.83. The number of barbiturate groups is 1. The van der Waals surface area contributed by atoms with Gasteiger partial charge in [-0.15, -0.1) is 0 Å². The molecular weight excluding hydrogens is 477 g/mol. The number of anilines is 2. The smallest absolute Gasteiger partial charge is 0.335 e. The lowest BCUT2D eigenvalue weighted by Crippen LogP contribution is -2.54. The highest BCUT2D eigenvalue weighted by Crippen LogP contribution is 2.28. The highest BCUT2D eigenvalue weighted by Gasteiger charge is 2.36. The second-order valence-corrected chi connectivity index (χ2v) is 7.73. The molecule has 176 valence electrons. The van der Waals surface area contributed by atoms with Gasteiger partial charge in [-0.2, -0.15) is 0 Å². The van der Waals surface area contributed by atoms with Gasteiger partial charge in [-0.1, -0.05) is 35.9 Å². The van der Waals surface area contributed by atoms with Crippen molar-refractivity contribution in [3.05, 3.63) is 94.8 Å². The summed E-state index contributed by atoms with van der Waals surface area (Å²) in [5, 5.41) is 4.91. The van der Waals surface area contributed by atoms with Crippen molar-refractivity contribution >= 4 is 52.8 Å². The van der Waals surface area contributed by atoms with Crippen LogP contribution < -0.4 is 20.3 Å². The number of imide groups is 2. The molecule has 0 saturated carbocycles. The van der Waals surface area contributed by atoms with Crippen LogP contribution in [0.4, 0.5) is 20.6 Å². The molecule has 0 unspecified atom stereocenters. The van der Waals surface area contributed by atoms with Crippen LogP contribution in [0.1, 0.15) is 5.56 Å². The van der Waals surface area contributed by atoms with Gasteiger partial charge in [0.05, 0.1) is 10.7 Å². The highest BCUT2D eigenvalue weighted by molar-refractivity contribution is 6.39. The summed E-state index contributed by atoms with van der Waals surface area (Å²) in [4.78, 5) is 50.2. The summed E-state index contributed by atoms with van der Waals surface area (Å²) in [6.07, 6.45) is 1.26. The number of amides is 5. The minimum absolute atomic E-state index is 0.0999. The number of hydrogen-bond donors (Lipinski definition) is 2. The lowest BCUT2D eigenvalue weighted by molar-refractivity contribution is -0.122. The molecule has 5 amide bonds. The van der Waals surface area contributed by atoms with E-state index >= 15 is 0 Å². The summed E-state index contributed by atoms with van der Waals surface area (Å²) in [6, 6.07) is 17.1. The average molecular weight is 494 g/mol. The number of nitrogens with one attached hydrogen (secondary N) is 2. The van der Waals surface area contributed by atoms with E-state index in [4.69, 9.17) is 16.3 Å². The van der Waals surface area contributed by atoms with Crippen LogP contribution in [0.3, 0.4) is 0 Å². The second-order valence-electron chi connectivity index (χ2n) is 7.33. The summed E-state index contributed by atoms with van der Waals surface area (Å²) < 4.78 is 18.7. The Hall–Kier alpha value is -4.50. The van der Waals surface area contributed by atoms with Gasteiger partial charge in [0, 0.05) is 5.69 Å². The Bertz CT molecular complexity index is 1340. The standard InChI is InChI=1S/C25H17ClFN3O5/c26-20-13-15(6-11-21(20)35-14-22(31)28-17-4-2-1-3-5-17)12-19-23(32)29-25(34)30(24(19)33)18-9-7-16(27)8-10-18/h1-13H,14H2,(H,28,31)(H,29,32,34)/b19-12+. The first-order valence-corrected chi connectivity index (χ1v) is 10.6. The van der Waals surface area contributed by atoms with E-state index in [0.717, 1.165) is 17.0 Å². The van der Waals surface area contributed by atoms with Crippen LogP contribution in [0.15, 0.2) is 78.4 Å². The first kappa shape index (κ1) is 23.7. The number of rotatable bonds is 6. The van der Waals surface area contributed by atoms with E-state index in [9.17, 15) is 23.6 Å². The molecule has 1 aliphatic heterocycles. The molecule has 0 aromatic heterocycles. The number of nitrogens with zero attached hydrogens (tertiary/aromatic N) is 1. The van der Waals surface area contributed by atoms with Gasteiger partial charge in [0.1, 0.15) is 17.1 Å². The number of hydrogen-bond acceptors (Lipinski definition) is 5. The van der Waals surface area contributed by atoms with E-state index < -0.39 is 23.7 Å². The third-order valence-corrected chi connectivity index (χ3v) is 5.17. The Balaban J connectivity index is 1.48. The number of para-hydroxylation sites is 1. The van der Waals surface area contributed by atoms with Crippen molar-refractivity contribution in [1.29, 1.82) is 0 Å². The van der Waals surface area contributed by atoms with Crippen molar-refractivity contribution in [2.45, 2.75) is 0 Å². The maximum absolute atomic E-state index is 13.2. The van der Waals surface area contributed by atoms with E-state index in [0.29, 0.717) is 11.3 Å². The van der Waals surface area contributed by atoms with Crippen LogP contribution in [-0.2, 0) is 14.4 Å². The zero-order valence-corrected chi connectivity index (χ0v) is 18.7. The van der Waals surface area contributed by atoms with Crippen LogP contribution in [0.2, 0.25) is 5.02 Å². The fourth-order valence-corrected chi connectivity index (χ4v) is 3.48. The topological polar surface area (TPSA) is 105 Å². The van der Waals surface area contributed by atoms with E-state index in [1.165, 1.54) is 36.4 Å². The third kappa shape index (κ3) is 5.53. The molecule has 3 aromatic rings. The minimum Gasteiger partial charge on any atom is -0.482 e. The van der Waals surface area contributed by atoms with Gasteiger partial charge in [-0.3, -0.25) is 19.7 Å². The third-order valence-electron chi connectivity index (χ3n) is 4.87. The Morgan fingerprint density at radius 2 is 1.74 bits per heavy atom. The predicted octanol–water partition coefficient (Wildman–Crippen LogP) is 4.16. The summed E-state index contributed by atoms with van der Waals surface area (Å²) in [5.41, 5.74) is 0.782. The zero-order chi connectivity index (χ0) is 24.9. The van der Waals surface area contributed by atoms with Crippen LogP contribution in [-0.4, -0.2) is 30.4 Å². The molecule has 0 aliphatic carbocycles. The number of ether oxygens (including phenoxy) is 1. The van der Waals surface area contributed by atoms with Gasteiger partial charge in [0.15, 0.2) is 6.61 Å². The quantitative estimate of drug-likeness (QED) is 0.396. The monoisotopic (exact) mass is 493 g/mol. The molecule has 1 saturated heterocycles. The van der Waals surface area contributed by atoms with E-state index in [1.807, 2.05) is 6.07 Å². The molecule has 0 spiro atoms. The zero-order valence-electron chi connectivity index (χ0n) is 18.0. The Labute approximate surface area is 203 Å². The van der Waals surface area contributed by atoms with Crippen LogP contribution >= 0.6 is 11.6 Å². The first-order valence-electron chi connectivity index (χ1n) is 10.3. The SMILES string of the molecule is O=C(COc1ccc(/C=C2\C(=O)NC(=O)N(c3ccc(F)cc3)C2=O)cc1Cl)Nc1ccccc1. The summed E-state index contributed by atoms with van der Waals surface area (Å²) in [5.74, 6) is -2.46. The Kier molecular flexibility index (Phi) is 6.88. The molecular formula is C25H17ClFN3O5. The van der Waals surface area contributed by atoms with E-state index in [2.05, 4.69) is 10.6 Å². The molecule has 10 heteroatoms. The maximum Gasteiger partial charge on any atom is 0.335 e. The molecule has 8 nitrogen and oxygen atoms in total. The van der Waals surface area contributed by atoms with Gasteiger partial charge in [0.25, 0.3) is 17.7 Å². The van der Waals surface area contributed by atoms with Crippen LogP contribution in [0, 0.1) is 5.82 Å². The fraction of sp³-hybridized carbons (Fsp3) is 0.0400. The van der Waals surface area contributed by atoms with Crippen molar-refractivity contribution in [1.82, 2.24) is 5.32 Å². The Morgan fingerprint density at radius 1 is 1.03 bits per heavy atom. The molecule has 0 bridgehead atoms. The van der Waals surface area contributed by atoms with Crippen molar-refractivity contribution in [2.75, 3.05) is 16.8 Å². The van der Waals surface area contributed by atoms with Gasteiger partial charge in [-0.05, 0) is 60.2 Å². The van der Waals surface area contributed by atoms with E-state index in [-0.39, 0.29) is 34.5 Å². The minimum atomic E-state index is -0.945. The number of carbonyl (C=O) groups is 4. The van der Waals surface area contributed by atoms with Gasteiger partial charge in [-0.25, -0.2) is 14.1 Å². The molecule has 3 aromatic carbocycles. The van der Waals surface area contributed by atoms with Crippen molar-refractivity contribution in [2.24, 2.45) is 0 Å². The molecule has 1 heterocycles. The lowest BCUT2D eigenvalue weighted by Gasteiger charge is -2.26. The summed E-state index contributed by atoms with van der Waals surface area (Å²) in [7, 11) is 0. The van der Waals surface area contributed by atoms with Crippen LogP contribution in [0.5, 0.6) is 5.75 Å². The second kappa shape index (κ2) is 10.2.